The molecule has 0 saturated carbocycles. The summed E-state index contributed by atoms with van der Waals surface area (Å²) in [5, 5.41) is 0. The van der Waals surface area contributed by atoms with Gasteiger partial charge in [-0.3, -0.25) is 4.98 Å². The zero-order valence-corrected chi connectivity index (χ0v) is 9.98. The standard InChI is InChI=1S/C13H11FN2O2/c1-8-7-9(14)3-4-10(8)11-12(13(17)18-2)16-6-5-15-11/h3-7H,1-2H3. The van der Waals surface area contributed by atoms with Gasteiger partial charge in [0.05, 0.1) is 7.11 Å². The first-order chi connectivity index (χ1) is 8.63. The van der Waals surface area contributed by atoms with Crippen LogP contribution >= 0.6 is 0 Å². The Morgan fingerprint density at radius 3 is 2.67 bits per heavy atom. The van der Waals surface area contributed by atoms with Crippen LogP contribution in [0.5, 0.6) is 0 Å². The zero-order chi connectivity index (χ0) is 13.1. The van der Waals surface area contributed by atoms with Crippen molar-refractivity contribution in [3.8, 4) is 11.3 Å². The fourth-order valence-electron chi connectivity index (χ4n) is 1.67. The Morgan fingerprint density at radius 1 is 1.28 bits per heavy atom. The largest absolute Gasteiger partial charge is 0.464 e. The molecular weight excluding hydrogens is 235 g/mol. The number of hydrogen-bond donors (Lipinski definition) is 0. The van der Waals surface area contributed by atoms with Crippen molar-refractivity contribution in [2.75, 3.05) is 7.11 Å². The lowest BCUT2D eigenvalue weighted by Crippen LogP contribution is -2.08. The van der Waals surface area contributed by atoms with Gasteiger partial charge in [-0.15, -0.1) is 0 Å². The van der Waals surface area contributed by atoms with Gasteiger partial charge in [-0.1, -0.05) is 0 Å². The van der Waals surface area contributed by atoms with Crippen molar-refractivity contribution in [3.05, 3.63) is 47.7 Å². The minimum absolute atomic E-state index is 0.120. The second-order valence-electron chi connectivity index (χ2n) is 3.70. The Hall–Kier alpha value is -2.30. The Kier molecular flexibility index (Phi) is 3.32. The van der Waals surface area contributed by atoms with Crippen LogP contribution in [0.3, 0.4) is 0 Å². The number of benzene rings is 1. The van der Waals surface area contributed by atoms with Gasteiger partial charge in [-0.25, -0.2) is 14.2 Å². The molecule has 0 bridgehead atoms. The summed E-state index contributed by atoms with van der Waals surface area (Å²) in [5.41, 5.74) is 1.85. The molecule has 0 atom stereocenters. The maximum Gasteiger partial charge on any atom is 0.358 e. The molecule has 0 spiro atoms. The quantitative estimate of drug-likeness (QED) is 0.763. The molecule has 2 aromatic rings. The number of esters is 1. The highest BCUT2D eigenvalue weighted by molar-refractivity contribution is 5.94. The summed E-state index contributed by atoms with van der Waals surface area (Å²) in [6.07, 6.45) is 2.89. The van der Waals surface area contributed by atoms with Crippen LogP contribution in [0.4, 0.5) is 4.39 Å². The minimum Gasteiger partial charge on any atom is -0.464 e. The number of carbonyl (C=O) groups excluding carboxylic acids is 1. The summed E-state index contributed by atoms with van der Waals surface area (Å²) in [7, 11) is 1.28. The first kappa shape index (κ1) is 12.2. The third-order valence-electron chi connectivity index (χ3n) is 2.52. The highest BCUT2D eigenvalue weighted by atomic mass is 19.1. The van der Waals surface area contributed by atoms with Crippen LogP contribution in [0.25, 0.3) is 11.3 Å². The maximum absolute atomic E-state index is 13.1. The number of aryl methyl sites for hydroxylation is 1. The molecule has 0 amide bonds. The number of aromatic nitrogens is 2. The van der Waals surface area contributed by atoms with Gasteiger partial charge in [0.25, 0.3) is 0 Å². The van der Waals surface area contributed by atoms with E-state index in [1.54, 1.807) is 13.0 Å². The molecule has 2 rings (SSSR count). The number of rotatable bonds is 2. The van der Waals surface area contributed by atoms with E-state index >= 15 is 0 Å². The average Bonchev–Trinajstić information content (AvgIpc) is 2.38. The Balaban J connectivity index is 2.60. The van der Waals surface area contributed by atoms with Crippen LogP contribution in [-0.2, 0) is 4.74 Å². The van der Waals surface area contributed by atoms with E-state index in [0.29, 0.717) is 16.8 Å². The third kappa shape index (κ3) is 2.20. The van der Waals surface area contributed by atoms with Gasteiger partial charge in [0, 0.05) is 18.0 Å². The second-order valence-corrected chi connectivity index (χ2v) is 3.70. The lowest BCUT2D eigenvalue weighted by atomic mass is 10.0. The summed E-state index contributed by atoms with van der Waals surface area (Å²) in [5.74, 6) is -0.901. The Labute approximate surface area is 103 Å². The van der Waals surface area contributed by atoms with E-state index in [1.165, 1.54) is 31.6 Å². The number of hydrogen-bond acceptors (Lipinski definition) is 4. The summed E-state index contributed by atoms with van der Waals surface area (Å²) in [6, 6.07) is 4.27. The van der Waals surface area contributed by atoms with Gasteiger partial charge in [-0.2, -0.15) is 0 Å². The van der Waals surface area contributed by atoms with Gasteiger partial charge >= 0.3 is 5.97 Å². The van der Waals surface area contributed by atoms with E-state index in [9.17, 15) is 9.18 Å². The first-order valence-electron chi connectivity index (χ1n) is 5.29. The van der Waals surface area contributed by atoms with E-state index in [1.807, 2.05) is 0 Å². The summed E-state index contributed by atoms with van der Waals surface area (Å²) < 4.78 is 17.7. The van der Waals surface area contributed by atoms with Crippen molar-refractivity contribution in [3.63, 3.8) is 0 Å². The van der Waals surface area contributed by atoms with Crippen molar-refractivity contribution >= 4 is 5.97 Å². The summed E-state index contributed by atoms with van der Waals surface area (Å²) in [6.45, 7) is 1.74. The van der Waals surface area contributed by atoms with Crippen molar-refractivity contribution in [1.29, 1.82) is 0 Å². The van der Waals surface area contributed by atoms with Crippen LogP contribution < -0.4 is 0 Å². The smallest absolute Gasteiger partial charge is 0.358 e. The van der Waals surface area contributed by atoms with Gasteiger partial charge in [0.1, 0.15) is 11.5 Å². The number of carbonyl (C=O) groups is 1. The van der Waals surface area contributed by atoms with Crippen molar-refractivity contribution in [2.45, 2.75) is 6.92 Å². The van der Waals surface area contributed by atoms with Crippen LogP contribution in [0, 0.1) is 12.7 Å². The molecular formula is C13H11FN2O2. The molecule has 5 heteroatoms. The molecule has 0 aliphatic carbocycles. The average molecular weight is 246 g/mol. The molecule has 0 N–H and O–H groups in total. The molecule has 0 unspecified atom stereocenters. The van der Waals surface area contributed by atoms with Crippen LogP contribution in [0.1, 0.15) is 16.1 Å². The predicted molar refractivity (Wildman–Crippen MR) is 63.5 cm³/mol. The molecule has 0 saturated heterocycles. The normalized spacial score (nSPS) is 10.2. The molecule has 0 radical (unpaired) electrons. The number of nitrogens with zero attached hydrogens (tertiary/aromatic N) is 2. The summed E-state index contributed by atoms with van der Waals surface area (Å²) >= 11 is 0. The fraction of sp³-hybridized carbons (Fsp3) is 0.154. The number of halogens is 1. The molecule has 18 heavy (non-hydrogen) atoms. The molecule has 1 aromatic heterocycles. The van der Waals surface area contributed by atoms with E-state index in [0.717, 1.165) is 0 Å². The Bertz CT molecular complexity index is 599. The van der Waals surface area contributed by atoms with Crippen molar-refractivity contribution < 1.29 is 13.9 Å². The molecule has 0 fully saturated rings. The van der Waals surface area contributed by atoms with Crippen LogP contribution in [0.2, 0.25) is 0 Å². The third-order valence-corrected chi connectivity index (χ3v) is 2.52. The highest BCUT2D eigenvalue weighted by Gasteiger charge is 2.17. The lowest BCUT2D eigenvalue weighted by molar-refractivity contribution is 0.0594. The van der Waals surface area contributed by atoms with Crippen LogP contribution in [-0.4, -0.2) is 23.0 Å². The van der Waals surface area contributed by atoms with E-state index < -0.39 is 5.97 Å². The van der Waals surface area contributed by atoms with Crippen molar-refractivity contribution in [2.24, 2.45) is 0 Å². The molecule has 1 heterocycles. The predicted octanol–water partition coefficient (Wildman–Crippen LogP) is 2.38. The summed E-state index contributed by atoms with van der Waals surface area (Å²) in [4.78, 5) is 19.7. The molecule has 92 valence electrons. The SMILES string of the molecule is COC(=O)c1nccnc1-c1ccc(F)cc1C. The highest BCUT2D eigenvalue weighted by Crippen LogP contribution is 2.24. The fourth-order valence-corrected chi connectivity index (χ4v) is 1.67. The number of methoxy groups -OCH3 is 1. The van der Waals surface area contributed by atoms with Gasteiger partial charge < -0.3 is 4.74 Å². The van der Waals surface area contributed by atoms with E-state index in [-0.39, 0.29) is 11.5 Å². The van der Waals surface area contributed by atoms with Gasteiger partial charge in [0.15, 0.2) is 5.69 Å². The molecule has 0 aliphatic heterocycles. The maximum atomic E-state index is 13.1. The molecule has 1 aromatic carbocycles. The van der Waals surface area contributed by atoms with Gasteiger partial charge in [0.2, 0.25) is 0 Å². The van der Waals surface area contributed by atoms with E-state index in [4.69, 9.17) is 0 Å². The minimum atomic E-state index is -0.568. The second kappa shape index (κ2) is 4.91. The zero-order valence-electron chi connectivity index (χ0n) is 9.98. The lowest BCUT2D eigenvalue weighted by Gasteiger charge is -2.08. The van der Waals surface area contributed by atoms with Crippen LogP contribution in [0.15, 0.2) is 30.6 Å². The van der Waals surface area contributed by atoms with Crippen molar-refractivity contribution in [1.82, 2.24) is 9.97 Å². The topological polar surface area (TPSA) is 52.1 Å². The monoisotopic (exact) mass is 246 g/mol. The Morgan fingerprint density at radius 2 is 2.00 bits per heavy atom. The number of ether oxygens (including phenoxy) is 1. The molecule has 0 aliphatic rings. The molecule has 4 nitrogen and oxygen atoms in total. The first-order valence-corrected chi connectivity index (χ1v) is 5.29. The van der Waals surface area contributed by atoms with Gasteiger partial charge in [-0.05, 0) is 30.7 Å². The van der Waals surface area contributed by atoms with E-state index in [2.05, 4.69) is 14.7 Å².